The van der Waals surface area contributed by atoms with E-state index >= 15 is 0 Å². The third kappa shape index (κ3) is 5.36. The Hall–Kier alpha value is -2.39. The highest BCUT2D eigenvalue weighted by atomic mass is 32.2. The molecule has 0 aromatic heterocycles. The first-order chi connectivity index (χ1) is 13.5. The lowest BCUT2D eigenvalue weighted by Crippen LogP contribution is -2.31. The van der Waals surface area contributed by atoms with E-state index in [0.29, 0.717) is 18.7 Å². The van der Waals surface area contributed by atoms with Crippen molar-refractivity contribution in [3.05, 3.63) is 65.2 Å². The van der Waals surface area contributed by atoms with Gasteiger partial charge in [-0.2, -0.15) is 17.5 Å². The number of benzene rings is 2. The molecule has 158 valence electrons. The summed E-state index contributed by atoms with van der Waals surface area (Å²) in [6.45, 7) is 4.17. The van der Waals surface area contributed by atoms with E-state index in [-0.39, 0.29) is 17.0 Å². The molecule has 0 aliphatic heterocycles. The van der Waals surface area contributed by atoms with Gasteiger partial charge >= 0.3 is 6.18 Å². The molecule has 0 saturated carbocycles. The van der Waals surface area contributed by atoms with Crippen molar-refractivity contribution >= 4 is 15.9 Å². The number of sulfonamides is 1. The summed E-state index contributed by atoms with van der Waals surface area (Å²) in [4.78, 5) is 14.0. The SMILES string of the molecule is CCN(CC)S(=O)(=O)c1cccc(C(=O)N(C)Cc2ccc(C(F)(F)F)cc2)c1. The fourth-order valence-electron chi connectivity index (χ4n) is 2.87. The number of hydrogen-bond acceptors (Lipinski definition) is 3. The van der Waals surface area contributed by atoms with Crippen LogP contribution in [0.1, 0.15) is 35.3 Å². The van der Waals surface area contributed by atoms with Crippen molar-refractivity contribution in [3.63, 3.8) is 0 Å². The van der Waals surface area contributed by atoms with Gasteiger partial charge in [-0.1, -0.05) is 32.0 Å². The van der Waals surface area contributed by atoms with Crippen LogP contribution in [0.3, 0.4) is 0 Å². The first-order valence-electron chi connectivity index (χ1n) is 9.02. The highest BCUT2D eigenvalue weighted by molar-refractivity contribution is 7.89. The molecule has 0 spiro atoms. The number of amides is 1. The number of alkyl halides is 3. The van der Waals surface area contributed by atoms with Gasteiger partial charge in [0.2, 0.25) is 10.0 Å². The zero-order valence-electron chi connectivity index (χ0n) is 16.4. The Labute approximate surface area is 168 Å². The van der Waals surface area contributed by atoms with E-state index in [1.165, 1.54) is 52.7 Å². The van der Waals surface area contributed by atoms with Gasteiger partial charge in [0.25, 0.3) is 5.91 Å². The van der Waals surface area contributed by atoms with Crippen molar-refractivity contribution < 1.29 is 26.4 Å². The Kier molecular flexibility index (Phi) is 7.07. The Bertz CT molecular complexity index is 954. The summed E-state index contributed by atoms with van der Waals surface area (Å²) in [6, 6.07) is 10.3. The summed E-state index contributed by atoms with van der Waals surface area (Å²) in [5.74, 6) is -0.429. The molecule has 0 bridgehead atoms. The Morgan fingerprint density at radius 1 is 1.00 bits per heavy atom. The van der Waals surface area contributed by atoms with E-state index < -0.39 is 27.7 Å². The Balaban J connectivity index is 2.20. The minimum absolute atomic E-state index is 0.0231. The molecule has 0 atom stereocenters. The van der Waals surface area contributed by atoms with Crippen LogP contribution in [0.25, 0.3) is 0 Å². The van der Waals surface area contributed by atoms with Crippen molar-refractivity contribution in [2.24, 2.45) is 0 Å². The van der Waals surface area contributed by atoms with Crippen LogP contribution in [0.5, 0.6) is 0 Å². The fraction of sp³-hybridized carbons (Fsp3) is 0.350. The minimum atomic E-state index is -4.42. The number of rotatable bonds is 7. The maximum atomic E-state index is 12.7. The molecular formula is C20H23F3N2O3S. The van der Waals surface area contributed by atoms with Crippen LogP contribution in [0.2, 0.25) is 0 Å². The molecule has 2 aromatic rings. The summed E-state index contributed by atoms with van der Waals surface area (Å²) in [6.07, 6.45) is -4.42. The predicted octanol–water partition coefficient (Wildman–Crippen LogP) is 4.01. The maximum absolute atomic E-state index is 12.7. The summed E-state index contributed by atoms with van der Waals surface area (Å²) in [5.41, 5.74) is -0.0436. The van der Waals surface area contributed by atoms with Crippen LogP contribution in [-0.4, -0.2) is 43.7 Å². The quantitative estimate of drug-likeness (QED) is 0.670. The summed E-state index contributed by atoms with van der Waals surface area (Å²) in [7, 11) is -2.20. The molecule has 29 heavy (non-hydrogen) atoms. The van der Waals surface area contributed by atoms with Crippen LogP contribution in [0, 0.1) is 0 Å². The molecule has 5 nitrogen and oxygen atoms in total. The molecule has 2 rings (SSSR count). The molecule has 0 radical (unpaired) electrons. The lowest BCUT2D eigenvalue weighted by molar-refractivity contribution is -0.137. The van der Waals surface area contributed by atoms with Crippen LogP contribution in [-0.2, 0) is 22.7 Å². The lowest BCUT2D eigenvalue weighted by atomic mass is 10.1. The van der Waals surface area contributed by atoms with Crippen LogP contribution >= 0.6 is 0 Å². The predicted molar refractivity (Wildman–Crippen MR) is 104 cm³/mol. The molecule has 2 aromatic carbocycles. The normalized spacial score (nSPS) is 12.2. The Morgan fingerprint density at radius 2 is 1.59 bits per heavy atom. The van der Waals surface area contributed by atoms with Gasteiger partial charge in [0, 0.05) is 32.2 Å². The minimum Gasteiger partial charge on any atom is -0.337 e. The molecule has 0 unspecified atom stereocenters. The van der Waals surface area contributed by atoms with Crippen molar-refractivity contribution in [1.29, 1.82) is 0 Å². The monoisotopic (exact) mass is 428 g/mol. The van der Waals surface area contributed by atoms with E-state index in [0.717, 1.165) is 12.1 Å². The maximum Gasteiger partial charge on any atom is 0.416 e. The van der Waals surface area contributed by atoms with E-state index in [1.807, 2.05) is 0 Å². The summed E-state index contributed by atoms with van der Waals surface area (Å²) < 4.78 is 64.6. The molecule has 0 fully saturated rings. The zero-order valence-corrected chi connectivity index (χ0v) is 17.2. The number of halogens is 3. The molecule has 0 aliphatic carbocycles. The molecule has 0 saturated heterocycles. The van der Waals surface area contributed by atoms with E-state index in [2.05, 4.69) is 0 Å². The number of nitrogens with zero attached hydrogens (tertiary/aromatic N) is 2. The molecular weight excluding hydrogens is 405 g/mol. The summed E-state index contributed by atoms with van der Waals surface area (Å²) in [5, 5.41) is 0. The number of carbonyl (C=O) groups excluding carboxylic acids is 1. The van der Waals surface area contributed by atoms with Crippen molar-refractivity contribution in [3.8, 4) is 0 Å². The van der Waals surface area contributed by atoms with Crippen molar-refractivity contribution in [1.82, 2.24) is 9.21 Å². The van der Waals surface area contributed by atoms with Gasteiger partial charge < -0.3 is 4.90 Å². The van der Waals surface area contributed by atoms with E-state index in [9.17, 15) is 26.4 Å². The topological polar surface area (TPSA) is 57.7 Å². The van der Waals surface area contributed by atoms with Gasteiger partial charge in [0.15, 0.2) is 0 Å². The number of carbonyl (C=O) groups is 1. The molecule has 0 heterocycles. The van der Waals surface area contributed by atoms with E-state index in [4.69, 9.17) is 0 Å². The Morgan fingerprint density at radius 3 is 2.10 bits per heavy atom. The van der Waals surface area contributed by atoms with Crippen molar-refractivity contribution in [2.45, 2.75) is 31.5 Å². The third-order valence-corrected chi connectivity index (χ3v) is 6.52. The second-order valence-electron chi connectivity index (χ2n) is 6.47. The van der Waals surface area contributed by atoms with Gasteiger partial charge in [-0.3, -0.25) is 4.79 Å². The highest BCUT2D eigenvalue weighted by Crippen LogP contribution is 2.29. The van der Waals surface area contributed by atoms with Gasteiger partial charge in [-0.15, -0.1) is 0 Å². The van der Waals surface area contributed by atoms with Gasteiger partial charge in [0.1, 0.15) is 0 Å². The first-order valence-corrected chi connectivity index (χ1v) is 10.5. The van der Waals surface area contributed by atoms with Gasteiger partial charge in [-0.25, -0.2) is 8.42 Å². The van der Waals surface area contributed by atoms with Crippen LogP contribution in [0.4, 0.5) is 13.2 Å². The van der Waals surface area contributed by atoms with Crippen molar-refractivity contribution in [2.75, 3.05) is 20.1 Å². The van der Waals surface area contributed by atoms with Gasteiger partial charge in [0.05, 0.1) is 10.5 Å². The smallest absolute Gasteiger partial charge is 0.337 e. The lowest BCUT2D eigenvalue weighted by Gasteiger charge is -2.20. The summed E-state index contributed by atoms with van der Waals surface area (Å²) >= 11 is 0. The number of hydrogen-bond donors (Lipinski definition) is 0. The second kappa shape index (κ2) is 8.96. The fourth-order valence-corrected chi connectivity index (χ4v) is 4.37. The van der Waals surface area contributed by atoms with Crippen LogP contribution < -0.4 is 0 Å². The largest absolute Gasteiger partial charge is 0.416 e. The molecule has 9 heteroatoms. The third-order valence-electron chi connectivity index (χ3n) is 4.47. The average Bonchev–Trinajstić information content (AvgIpc) is 2.68. The molecule has 0 N–H and O–H groups in total. The molecule has 1 amide bonds. The average molecular weight is 428 g/mol. The zero-order chi connectivity index (χ0) is 21.8. The van der Waals surface area contributed by atoms with Crippen LogP contribution in [0.15, 0.2) is 53.4 Å². The highest BCUT2D eigenvalue weighted by Gasteiger charge is 2.30. The standard InChI is InChI=1S/C20H23F3N2O3S/c1-4-25(5-2)29(27,28)18-8-6-7-16(13-18)19(26)24(3)14-15-9-11-17(12-10-15)20(21,22)23/h6-13H,4-5,14H2,1-3H3. The second-order valence-corrected chi connectivity index (χ2v) is 8.41. The van der Waals surface area contributed by atoms with E-state index in [1.54, 1.807) is 13.8 Å². The molecule has 0 aliphatic rings. The van der Waals surface area contributed by atoms with Gasteiger partial charge in [-0.05, 0) is 35.9 Å². The first kappa shape index (κ1) is 22.9.